The topological polar surface area (TPSA) is 59.4 Å². The molecule has 214 valence electrons. The van der Waals surface area contributed by atoms with Crippen molar-refractivity contribution in [3.05, 3.63) is 82.0 Å². The third-order valence-electron chi connectivity index (χ3n) is 7.25. The van der Waals surface area contributed by atoms with Crippen LogP contribution >= 0.6 is 35.3 Å². The minimum absolute atomic E-state index is 0. The van der Waals surface area contributed by atoms with E-state index in [2.05, 4.69) is 0 Å². The first-order valence-corrected chi connectivity index (χ1v) is 13.7. The number of methoxy groups -OCH3 is 1. The maximum absolute atomic E-state index is 14.6. The molecule has 1 aliphatic carbocycles. The number of aryl methyl sites for hydroxylation is 1. The Labute approximate surface area is 253 Å². The number of benzene rings is 2. The fourth-order valence-corrected chi connectivity index (χ4v) is 6.61. The minimum Gasteiger partial charge on any atom is -1.00 e. The summed E-state index contributed by atoms with van der Waals surface area (Å²) in [6.45, 7) is 0.256. The summed E-state index contributed by atoms with van der Waals surface area (Å²) in [5.41, 5.74) is 9.01. The van der Waals surface area contributed by atoms with Crippen LogP contribution in [0.4, 0.5) is 8.78 Å². The Morgan fingerprint density at radius 3 is 2.35 bits per heavy atom. The van der Waals surface area contributed by atoms with Crippen LogP contribution in [-0.2, 0) is 13.6 Å². The van der Waals surface area contributed by atoms with Crippen molar-refractivity contribution in [1.29, 1.82) is 0 Å². The number of hydrogen-bond donors (Lipinski definition) is 1. The van der Waals surface area contributed by atoms with Crippen LogP contribution in [0.2, 0.25) is 5.02 Å². The van der Waals surface area contributed by atoms with E-state index in [1.165, 1.54) is 0 Å². The minimum atomic E-state index is -0.650. The molecule has 0 unspecified atom stereocenters. The van der Waals surface area contributed by atoms with Crippen LogP contribution < -0.4 is 27.4 Å². The highest BCUT2D eigenvalue weighted by Gasteiger charge is 2.32. The molecule has 0 aliphatic heterocycles. The molecule has 1 amide bonds. The van der Waals surface area contributed by atoms with Gasteiger partial charge in [-0.2, -0.15) is 0 Å². The number of pyridine rings is 1. The molecule has 1 fully saturated rings. The smallest absolute Gasteiger partial charge is 0.266 e. The number of nitrogens with two attached hydrogens (primary N) is 1. The van der Waals surface area contributed by atoms with Gasteiger partial charge < -0.3 is 27.8 Å². The van der Waals surface area contributed by atoms with Gasteiger partial charge in [0.2, 0.25) is 0 Å². The van der Waals surface area contributed by atoms with Gasteiger partial charge in [0.25, 0.3) is 5.91 Å². The number of rotatable bonds is 6. The van der Waals surface area contributed by atoms with Gasteiger partial charge in [-0.1, -0.05) is 17.7 Å². The second-order valence-electron chi connectivity index (χ2n) is 9.76. The molecule has 40 heavy (non-hydrogen) atoms. The predicted molar refractivity (Wildman–Crippen MR) is 154 cm³/mol. The van der Waals surface area contributed by atoms with Crippen LogP contribution in [0, 0.1) is 11.6 Å². The van der Waals surface area contributed by atoms with Crippen molar-refractivity contribution < 1.29 is 35.3 Å². The SMILES string of the molecule is COc1ccc(-c2cc[n+](C)cc2)cc1CN(C(=O)c1sc2c(F)ccc(F)c2c1Cl)C1CCC(N)CC1.Cl.[Cl-]. The average Bonchev–Trinajstić information content (AvgIpc) is 3.28. The summed E-state index contributed by atoms with van der Waals surface area (Å²) in [6, 6.07) is 12.0. The summed E-state index contributed by atoms with van der Waals surface area (Å²) >= 11 is 7.42. The third-order valence-corrected chi connectivity index (χ3v) is 8.93. The lowest BCUT2D eigenvalue weighted by Crippen LogP contribution is -3.00. The molecule has 0 bridgehead atoms. The number of halogens is 5. The zero-order valence-electron chi connectivity index (χ0n) is 22.0. The van der Waals surface area contributed by atoms with E-state index >= 15 is 0 Å². The van der Waals surface area contributed by atoms with Gasteiger partial charge in [-0.05, 0) is 61.1 Å². The van der Waals surface area contributed by atoms with Crippen LogP contribution in [0.5, 0.6) is 5.75 Å². The molecule has 1 saturated carbocycles. The molecule has 1 aliphatic rings. The Morgan fingerprint density at radius 1 is 1.07 bits per heavy atom. The van der Waals surface area contributed by atoms with Gasteiger partial charge in [0.05, 0.1) is 22.2 Å². The lowest BCUT2D eigenvalue weighted by molar-refractivity contribution is -0.671. The van der Waals surface area contributed by atoms with Gasteiger partial charge in [0.15, 0.2) is 12.4 Å². The molecule has 0 atom stereocenters. The molecule has 5 nitrogen and oxygen atoms in total. The Balaban J connectivity index is 0.00000220. The maximum atomic E-state index is 14.6. The van der Waals surface area contributed by atoms with Crippen LogP contribution in [0.25, 0.3) is 21.2 Å². The highest BCUT2D eigenvalue weighted by Crippen LogP contribution is 2.40. The van der Waals surface area contributed by atoms with Crippen LogP contribution in [-0.4, -0.2) is 30.0 Å². The molecular weight excluding hydrogens is 599 g/mol. The van der Waals surface area contributed by atoms with Gasteiger partial charge in [-0.15, -0.1) is 23.7 Å². The van der Waals surface area contributed by atoms with Crippen molar-refractivity contribution in [1.82, 2.24) is 4.90 Å². The third kappa shape index (κ3) is 6.37. The molecule has 2 N–H and O–H groups in total. The molecule has 2 heterocycles. The van der Waals surface area contributed by atoms with E-state index in [4.69, 9.17) is 22.1 Å². The molecule has 0 radical (unpaired) electrons. The van der Waals surface area contributed by atoms with Crippen molar-refractivity contribution in [2.75, 3.05) is 7.11 Å². The van der Waals surface area contributed by atoms with Crippen molar-refractivity contribution in [2.45, 2.75) is 44.3 Å². The summed E-state index contributed by atoms with van der Waals surface area (Å²) in [5.74, 6) is -0.953. The van der Waals surface area contributed by atoms with E-state index in [1.54, 1.807) is 12.0 Å². The summed E-state index contributed by atoms with van der Waals surface area (Å²) in [4.78, 5) is 16.0. The zero-order chi connectivity index (χ0) is 27.0. The van der Waals surface area contributed by atoms with Crippen LogP contribution in [0.3, 0.4) is 0 Å². The highest BCUT2D eigenvalue weighted by atomic mass is 35.5. The first kappa shape index (κ1) is 32.0. The highest BCUT2D eigenvalue weighted by molar-refractivity contribution is 7.21. The van der Waals surface area contributed by atoms with Gasteiger partial charge in [0, 0.05) is 36.3 Å². The fraction of sp³-hybridized carbons (Fsp3) is 0.310. The normalized spacial score (nSPS) is 16.6. The second-order valence-corrected chi connectivity index (χ2v) is 11.2. The first-order valence-electron chi connectivity index (χ1n) is 12.5. The summed E-state index contributed by atoms with van der Waals surface area (Å²) in [7, 11) is 3.56. The number of hydrogen-bond acceptors (Lipinski definition) is 4. The van der Waals surface area contributed by atoms with Crippen molar-refractivity contribution in [3.63, 3.8) is 0 Å². The van der Waals surface area contributed by atoms with Crippen molar-refractivity contribution >= 4 is 51.3 Å². The Bertz CT molecular complexity index is 1490. The lowest BCUT2D eigenvalue weighted by Gasteiger charge is -2.36. The van der Waals surface area contributed by atoms with E-state index in [-0.39, 0.29) is 69.3 Å². The maximum Gasteiger partial charge on any atom is 0.266 e. The van der Waals surface area contributed by atoms with E-state index in [9.17, 15) is 13.6 Å². The first-order chi connectivity index (χ1) is 18.3. The number of amides is 1. The van der Waals surface area contributed by atoms with E-state index < -0.39 is 11.6 Å². The Morgan fingerprint density at radius 2 is 1.73 bits per heavy atom. The van der Waals surface area contributed by atoms with Crippen molar-refractivity contribution in [3.8, 4) is 16.9 Å². The molecule has 2 aromatic heterocycles. The van der Waals surface area contributed by atoms with Gasteiger partial charge in [-0.25, -0.2) is 13.3 Å². The second kappa shape index (κ2) is 13.4. The molecule has 0 spiro atoms. The monoisotopic (exact) mass is 627 g/mol. The lowest BCUT2D eigenvalue weighted by atomic mass is 9.90. The van der Waals surface area contributed by atoms with E-state index in [1.807, 2.05) is 54.3 Å². The summed E-state index contributed by atoms with van der Waals surface area (Å²) in [6.07, 6.45) is 6.99. The average molecular weight is 629 g/mol. The molecule has 4 aromatic rings. The molecule has 5 rings (SSSR count). The summed E-state index contributed by atoms with van der Waals surface area (Å²) < 4.78 is 36.8. The van der Waals surface area contributed by atoms with E-state index in [0.29, 0.717) is 5.75 Å². The van der Waals surface area contributed by atoms with Crippen LogP contribution in [0.15, 0.2) is 54.9 Å². The van der Waals surface area contributed by atoms with Gasteiger partial charge in [-0.3, -0.25) is 4.79 Å². The standard InChI is InChI=1S/C29H29ClF2N3O2S.2ClH/c1-34-13-11-17(12-14-34)18-3-10-24(37-2)19(15-18)16-35(21-6-4-20(33)5-7-21)29(36)28-26(30)25-22(31)8-9-23(32)27(25)38-28;;/h3,8-15,20-21H,4-7,16,33H2,1-2H3;2*1H/q+1;;/p-1. The molecule has 2 aromatic carbocycles. The predicted octanol–water partition coefficient (Wildman–Crippen LogP) is 3.67. The number of ether oxygens (including phenoxy) is 1. The largest absolute Gasteiger partial charge is 1.00 e. The number of carbonyl (C=O) groups is 1. The molecule has 11 heteroatoms. The summed E-state index contributed by atoms with van der Waals surface area (Å²) in [5, 5.41) is -0.107. The van der Waals surface area contributed by atoms with Crippen LogP contribution in [0.1, 0.15) is 40.9 Å². The zero-order valence-corrected chi connectivity index (χ0v) is 25.1. The molecule has 0 saturated heterocycles. The van der Waals surface area contributed by atoms with Crippen molar-refractivity contribution in [2.24, 2.45) is 12.8 Å². The molecular formula is C29H30Cl3F2N3O2S. The number of aromatic nitrogens is 1. The Hall–Kier alpha value is -2.49. The van der Waals surface area contributed by atoms with Gasteiger partial charge >= 0.3 is 0 Å². The number of nitrogens with zero attached hydrogens (tertiary/aromatic N) is 2. The number of carbonyl (C=O) groups excluding carboxylic acids is 1. The van der Waals surface area contributed by atoms with Gasteiger partial charge in [0.1, 0.15) is 29.3 Å². The van der Waals surface area contributed by atoms with E-state index in [0.717, 1.165) is 65.8 Å². The Kier molecular flexibility index (Phi) is 10.8. The fourth-order valence-electron chi connectivity index (χ4n) is 5.10. The number of thiophene rings is 1. The number of fused-ring (bicyclic) bond motifs is 1. The quantitative estimate of drug-likeness (QED) is 0.332.